The molecule has 1 saturated heterocycles. The summed E-state index contributed by atoms with van der Waals surface area (Å²) in [5, 5.41) is 31.9. The molecule has 2 aliphatic rings. The summed E-state index contributed by atoms with van der Waals surface area (Å²) in [6.45, 7) is 3.27. The van der Waals surface area contributed by atoms with Crippen molar-refractivity contribution in [2.45, 2.75) is 39.0 Å². The number of hydrogen-bond acceptors (Lipinski definition) is 9. The molecule has 4 atom stereocenters. The number of nitro benzene ring substituents is 1. The van der Waals surface area contributed by atoms with E-state index in [1.807, 2.05) is 6.92 Å². The molecular weight excluding hydrogens is 550 g/mol. The van der Waals surface area contributed by atoms with Gasteiger partial charge in [0.05, 0.1) is 46.4 Å². The number of rotatable bonds is 9. The van der Waals surface area contributed by atoms with Crippen molar-refractivity contribution in [1.82, 2.24) is 19.0 Å². The van der Waals surface area contributed by atoms with Crippen LogP contribution in [0.2, 0.25) is 0 Å². The molecule has 0 bridgehead atoms. The fourth-order valence-corrected chi connectivity index (χ4v) is 7.35. The number of aliphatic carboxylic acids is 1. The number of imidazole rings is 1. The molecular formula is C24H25N5O8S2. The molecule has 0 saturated carbocycles. The topological polar surface area (TPSA) is 184 Å². The first-order valence-electron chi connectivity index (χ1n) is 11.9. The summed E-state index contributed by atoms with van der Waals surface area (Å²) in [4.78, 5) is 43.0. The van der Waals surface area contributed by atoms with E-state index in [0.717, 1.165) is 6.26 Å². The van der Waals surface area contributed by atoms with Crippen molar-refractivity contribution in [2.24, 2.45) is 11.3 Å². The molecule has 5 rings (SSSR count). The highest BCUT2D eigenvalue weighted by Crippen LogP contribution is 2.59. The summed E-state index contributed by atoms with van der Waals surface area (Å²) in [5.41, 5.74) is 0.283. The van der Waals surface area contributed by atoms with Crippen LogP contribution in [0.5, 0.6) is 0 Å². The van der Waals surface area contributed by atoms with Gasteiger partial charge in [-0.15, -0.1) is 11.3 Å². The van der Waals surface area contributed by atoms with Gasteiger partial charge in [-0.1, -0.05) is 19.1 Å². The van der Waals surface area contributed by atoms with Gasteiger partial charge in [0, 0.05) is 29.3 Å². The summed E-state index contributed by atoms with van der Waals surface area (Å²) in [6.07, 6.45) is 3.43. The zero-order chi connectivity index (χ0) is 28.4. The van der Waals surface area contributed by atoms with E-state index in [4.69, 9.17) is 0 Å². The average molecular weight is 576 g/mol. The molecule has 39 heavy (non-hydrogen) atoms. The van der Waals surface area contributed by atoms with Crippen molar-refractivity contribution in [2.75, 3.05) is 6.26 Å². The monoisotopic (exact) mass is 575 g/mol. The van der Waals surface area contributed by atoms with Gasteiger partial charge in [-0.25, -0.2) is 22.9 Å². The lowest BCUT2D eigenvalue weighted by molar-refractivity contribution is -0.384. The summed E-state index contributed by atoms with van der Waals surface area (Å²) < 4.78 is 27.3. The summed E-state index contributed by atoms with van der Waals surface area (Å²) in [7, 11) is -3.48. The summed E-state index contributed by atoms with van der Waals surface area (Å²) in [5.74, 6) is -2.61. The molecule has 0 spiro atoms. The number of nitro groups is 1. The van der Waals surface area contributed by atoms with Crippen molar-refractivity contribution in [1.29, 1.82) is 0 Å². The highest BCUT2D eigenvalue weighted by molar-refractivity contribution is 7.88. The third-order valence-electron chi connectivity index (χ3n) is 7.31. The number of aromatic nitrogens is 2. The molecule has 13 nitrogen and oxygen atoms in total. The summed E-state index contributed by atoms with van der Waals surface area (Å²) in [6, 6.07) is 5.27. The van der Waals surface area contributed by atoms with Crippen molar-refractivity contribution in [3.63, 3.8) is 0 Å². The van der Waals surface area contributed by atoms with Gasteiger partial charge in [-0.3, -0.25) is 19.3 Å². The third kappa shape index (κ3) is 4.40. The first-order chi connectivity index (χ1) is 18.2. The Hall–Kier alpha value is -3.66. The Labute approximate surface area is 226 Å². The molecule has 3 N–H and O–H groups in total. The maximum Gasteiger partial charge on any atom is 0.352 e. The molecule has 15 heteroatoms. The van der Waals surface area contributed by atoms with Gasteiger partial charge >= 0.3 is 5.97 Å². The number of aliphatic hydroxyl groups excluding tert-OH is 1. The Kier molecular flexibility index (Phi) is 6.37. The van der Waals surface area contributed by atoms with Gasteiger partial charge in [0.2, 0.25) is 15.9 Å². The van der Waals surface area contributed by atoms with Gasteiger partial charge in [0.1, 0.15) is 16.9 Å². The second-order valence-corrected chi connectivity index (χ2v) is 12.9. The van der Waals surface area contributed by atoms with Crippen LogP contribution in [0.25, 0.3) is 10.4 Å². The number of nitrogens with one attached hydrogen (secondary N) is 1. The molecule has 1 fully saturated rings. The van der Waals surface area contributed by atoms with Gasteiger partial charge in [-0.2, -0.15) is 0 Å². The number of β-lactam (4-membered cyclic amide) rings is 1. The molecule has 3 aromatic rings. The molecule has 206 valence electrons. The quantitative estimate of drug-likeness (QED) is 0.194. The smallest absolute Gasteiger partial charge is 0.352 e. The van der Waals surface area contributed by atoms with E-state index in [1.165, 1.54) is 41.6 Å². The lowest BCUT2D eigenvalue weighted by Gasteiger charge is -2.51. The second kappa shape index (κ2) is 9.22. The second-order valence-electron chi connectivity index (χ2n) is 10.1. The normalized spacial score (nSPS) is 23.7. The molecule has 2 aliphatic heterocycles. The number of sulfonamides is 1. The van der Waals surface area contributed by atoms with Crippen molar-refractivity contribution in [3.05, 3.63) is 68.7 Å². The van der Waals surface area contributed by atoms with E-state index in [9.17, 15) is 38.3 Å². The number of non-ortho nitro benzene ring substituents is 1. The number of carboxylic acids is 1. The average Bonchev–Trinajstić information content (AvgIpc) is 3.46. The highest BCUT2D eigenvalue weighted by atomic mass is 32.2. The minimum Gasteiger partial charge on any atom is -0.477 e. The minimum absolute atomic E-state index is 0.0580. The number of carbonyl (C=O) groups is 2. The number of amides is 1. The van der Waals surface area contributed by atoms with Crippen LogP contribution < -0.4 is 4.72 Å². The molecule has 4 heterocycles. The van der Waals surface area contributed by atoms with Crippen LogP contribution in [0.3, 0.4) is 0 Å². The maximum absolute atomic E-state index is 13.1. The third-order valence-corrected chi connectivity index (χ3v) is 9.15. The molecule has 2 aromatic heterocycles. The Balaban J connectivity index is 1.65. The number of carbonyl (C=O) groups excluding carboxylic acids is 1. The number of nitrogens with zero attached hydrogens (tertiary/aromatic N) is 4. The van der Waals surface area contributed by atoms with Gasteiger partial charge in [0.15, 0.2) is 0 Å². The Bertz CT molecular complexity index is 1660. The first-order valence-corrected chi connectivity index (χ1v) is 14.6. The lowest BCUT2D eigenvalue weighted by atomic mass is 9.64. The SMILES string of the molecule is C[C@@H](O)[C@H]1C(=O)N2C(C(=O)O)=C(c3cn4cnc(CNS(C)(=O)=O)c4s3)[C@](C)(Cc3ccc([N+](=O)[O-])cc3)[C@@H]12. The number of fused-ring (bicyclic) bond motifs is 2. The van der Waals surface area contributed by atoms with E-state index in [1.54, 1.807) is 22.7 Å². The zero-order valence-corrected chi connectivity index (χ0v) is 22.7. The Morgan fingerprint density at radius 2 is 2.00 bits per heavy atom. The zero-order valence-electron chi connectivity index (χ0n) is 21.1. The number of benzene rings is 1. The molecule has 0 unspecified atom stereocenters. The highest BCUT2D eigenvalue weighted by Gasteiger charge is 2.66. The maximum atomic E-state index is 13.1. The number of hydrogen-bond donors (Lipinski definition) is 3. The van der Waals surface area contributed by atoms with Crippen molar-refractivity contribution < 1.29 is 33.1 Å². The predicted molar refractivity (Wildman–Crippen MR) is 140 cm³/mol. The van der Waals surface area contributed by atoms with Crippen LogP contribution in [0.4, 0.5) is 5.69 Å². The molecule has 0 radical (unpaired) electrons. The van der Waals surface area contributed by atoms with Gasteiger partial charge < -0.3 is 15.1 Å². The fraction of sp³-hybridized carbons (Fsp3) is 0.375. The van der Waals surface area contributed by atoms with Gasteiger partial charge in [-0.05, 0) is 18.9 Å². The molecule has 1 amide bonds. The van der Waals surface area contributed by atoms with E-state index in [-0.39, 0.29) is 24.4 Å². The van der Waals surface area contributed by atoms with Crippen molar-refractivity contribution >= 4 is 49.3 Å². The summed E-state index contributed by atoms with van der Waals surface area (Å²) >= 11 is 1.22. The predicted octanol–water partition coefficient (Wildman–Crippen LogP) is 1.62. The Morgan fingerprint density at radius 3 is 2.56 bits per heavy atom. The molecule has 1 aromatic carbocycles. The fourth-order valence-electron chi connectivity index (χ4n) is 5.70. The van der Waals surface area contributed by atoms with Crippen LogP contribution in [0.15, 0.2) is 42.5 Å². The van der Waals surface area contributed by atoms with E-state index >= 15 is 0 Å². The number of thiazole rings is 1. The van der Waals surface area contributed by atoms with Crippen LogP contribution in [-0.4, -0.2) is 68.1 Å². The van der Waals surface area contributed by atoms with Crippen LogP contribution >= 0.6 is 11.3 Å². The van der Waals surface area contributed by atoms with Crippen LogP contribution in [0, 0.1) is 21.4 Å². The Morgan fingerprint density at radius 1 is 1.33 bits per heavy atom. The standard InChI is InChI=1S/C24H25N5O8S2/c1-12(30)17-20-24(2,8-13-4-6-14(7-5-13)29(34)35)18(19(23(32)33)28(20)21(17)31)16-10-27-11-25-15(22(27)38-16)9-26-39(3,36)37/h4-7,10-12,17,20,26,30H,8-9H2,1-3H3,(H,32,33)/t12-,17-,20-,24+/m1/s1. The largest absolute Gasteiger partial charge is 0.477 e. The van der Waals surface area contributed by atoms with E-state index < -0.39 is 50.3 Å². The number of carboxylic acid groups (broad SMARTS) is 1. The van der Waals surface area contributed by atoms with Gasteiger partial charge in [0.25, 0.3) is 5.69 Å². The van der Waals surface area contributed by atoms with E-state index in [0.29, 0.717) is 26.5 Å². The number of aliphatic hydroxyl groups is 1. The first kappa shape index (κ1) is 26.9. The van der Waals surface area contributed by atoms with E-state index in [2.05, 4.69) is 9.71 Å². The van der Waals surface area contributed by atoms with Crippen LogP contribution in [0.1, 0.15) is 30.0 Å². The molecule has 0 aliphatic carbocycles. The van der Waals surface area contributed by atoms with Crippen molar-refractivity contribution in [3.8, 4) is 0 Å². The lowest BCUT2D eigenvalue weighted by Crippen LogP contribution is -2.66. The minimum atomic E-state index is -3.48. The van der Waals surface area contributed by atoms with Crippen LogP contribution in [-0.2, 0) is 32.6 Å².